The number of furan rings is 1. The highest BCUT2D eigenvalue weighted by atomic mass is 79.9. The molecule has 5 nitrogen and oxygen atoms in total. The van der Waals surface area contributed by atoms with Crippen LogP contribution in [0.2, 0.25) is 0 Å². The zero-order valence-corrected chi connectivity index (χ0v) is 14.3. The molecule has 1 fully saturated rings. The molecule has 1 N–H and O–H groups in total. The summed E-state index contributed by atoms with van der Waals surface area (Å²) in [5.41, 5.74) is 0. The van der Waals surface area contributed by atoms with Crippen molar-refractivity contribution in [1.29, 1.82) is 0 Å². The number of hydrogen-bond donors (Lipinski definition) is 1. The van der Waals surface area contributed by atoms with Crippen LogP contribution in [0.1, 0.15) is 31.9 Å². The van der Waals surface area contributed by atoms with Gasteiger partial charge in [-0.25, -0.2) is 8.42 Å². The Morgan fingerprint density at radius 2 is 2.20 bits per heavy atom. The number of hydrogen-bond acceptors (Lipinski definition) is 4. The van der Waals surface area contributed by atoms with Gasteiger partial charge in [0.1, 0.15) is 10.7 Å². The third-order valence-corrected chi connectivity index (χ3v) is 6.41. The first-order valence-corrected chi connectivity index (χ1v) is 9.11. The minimum absolute atomic E-state index is 0.234. The Kier molecular flexibility index (Phi) is 5.28. The van der Waals surface area contributed by atoms with E-state index in [9.17, 15) is 8.42 Å². The molecule has 1 aliphatic rings. The molecule has 0 amide bonds. The van der Waals surface area contributed by atoms with Gasteiger partial charge in [0.15, 0.2) is 4.67 Å². The van der Waals surface area contributed by atoms with Gasteiger partial charge in [0.25, 0.3) is 0 Å². The molecule has 1 saturated heterocycles. The maximum absolute atomic E-state index is 12.7. The van der Waals surface area contributed by atoms with Crippen LogP contribution in [0.4, 0.5) is 0 Å². The van der Waals surface area contributed by atoms with Gasteiger partial charge in [-0.3, -0.25) is 0 Å². The number of sulfonamides is 1. The molecule has 0 saturated carbocycles. The molecule has 1 aliphatic heterocycles. The maximum atomic E-state index is 12.7. The highest BCUT2D eigenvalue weighted by Gasteiger charge is 2.30. The van der Waals surface area contributed by atoms with Crippen LogP contribution in [0.3, 0.4) is 0 Å². The van der Waals surface area contributed by atoms with Crippen LogP contribution in [0.25, 0.3) is 0 Å². The molecule has 114 valence electrons. The molecule has 1 unspecified atom stereocenters. The predicted molar refractivity (Wildman–Crippen MR) is 80.9 cm³/mol. The third-order valence-electron chi connectivity index (χ3n) is 3.65. The van der Waals surface area contributed by atoms with Crippen LogP contribution in [0.15, 0.2) is 20.0 Å². The van der Waals surface area contributed by atoms with Gasteiger partial charge in [0.05, 0.1) is 6.54 Å². The second-order valence-electron chi connectivity index (χ2n) is 5.32. The smallest absolute Gasteiger partial charge is 0.247 e. The lowest BCUT2D eigenvalue weighted by atomic mass is 10.0. The predicted octanol–water partition coefficient (Wildman–Crippen LogP) is 2.57. The first-order valence-electron chi connectivity index (χ1n) is 6.88. The van der Waals surface area contributed by atoms with E-state index < -0.39 is 10.0 Å². The zero-order valence-electron chi connectivity index (χ0n) is 11.9. The molecule has 1 aromatic heterocycles. The SMILES string of the molecule is CNCc1cc(S(=O)(=O)N2CCCC(C)CC2)c(Br)o1. The molecule has 0 aromatic carbocycles. The summed E-state index contributed by atoms with van der Waals surface area (Å²) in [6.07, 6.45) is 2.92. The number of halogens is 1. The van der Waals surface area contributed by atoms with E-state index in [1.54, 1.807) is 17.4 Å². The molecule has 1 aromatic rings. The quantitative estimate of drug-likeness (QED) is 0.891. The number of rotatable bonds is 4. The van der Waals surface area contributed by atoms with E-state index in [1.807, 2.05) is 0 Å². The number of nitrogens with zero attached hydrogens (tertiary/aromatic N) is 1. The van der Waals surface area contributed by atoms with Crippen molar-refractivity contribution < 1.29 is 12.8 Å². The molecular formula is C13H21BrN2O3S. The fraction of sp³-hybridized carbons (Fsp3) is 0.692. The van der Waals surface area contributed by atoms with Crippen LogP contribution in [0.5, 0.6) is 0 Å². The Morgan fingerprint density at radius 3 is 2.90 bits per heavy atom. The lowest BCUT2D eigenvalue weighted by molar-refractivity contribution is 0.414. The van der Waals surface area contributed by atoms with Gasteiger partial charge in [-0.15, -0.1) is 0 Å². The standard InChI is InChI=1S/C13H21BrN2O3S/c1-10-4-3-6-16(7-5-10)20(17,18)12-8-11(9-15-2)19-13(12)14/h8,10,15H,3-7,9H2,1-2H3. The van der Waals surface area contributed by atoms with Crippen molar-refractivity contribution in [1.82, 2.24) is 9.62 Å². The Hall–Kier alpha value is -0.370. The maximum Gasteiger partial charge on any atom is 0.247 e. The first kappa shape index (κ1) is 16.0. The van der Waals surface area contributed by atoms with Crippen LogP contribution in [-0.4, -0.2) is 32.9 Å². The summed E-state index contributed by atoms with van der Waals surface area (Å²) in [5.74, 6) is 1.20. The Bertz CT molecular complexity index is 556. The van der Waals surface area contributed by atoms with Crippen molar-refractivity contribution in [2.75, 3.05) is 20.1 Å². The second-order valence-corrected chi connectivity index (χ2v) is 7.95. The summed E-state index contributed by atoms with van der Waals surface area (Å²) < 4.78 is 32.7. The second kappa shape index (κ2) is 6.60. The Labute approximate surface area is 128 Å². The fourth-order valence-corrected chi connectivity index (χ4v) is 4.91. The largest absolute Gasteiger partial charge is 0.452 e. The summed E-state index contributed by atoms with van der Waals surface area (Å²) in [7, 11) is -1.68. The fourth-order valence-electron chi connectivity index (χ4n) is 2.45. The van der Waals surface area contributed by atoms with Gasteiger partial charge in [0.2, 0.25) is 10.0 Å². The Balaban J connectivity index is 2.25. The topological polar surface area (TPSA) is 62.6 Å². The van der Waals surface area contributed by atoms with Gasteiger partial charge in [-0.2, -0.15) is 4.31 Å². The van der Waals surface area contributed by atoms with Crippen LogP contribution in [0, 0.1) is 5.92 Å². The van der Waals surface area contributed by atoms with E-state index in [0.29, 0.717) is 36.0 Å². The molecule has 2 heterocycles. The van der Waals surface area contributed by atoms with Crippen LogP contribution >= 0.6 is 15.9 Å². The molecule has 0 aliphatic carbocycles. The van der Waals surface area contributed by atoms with E-state index in [4.69, 9.17) is 4.42 Å². The van der Waals surface area contributed by atoms with Crippen molar-refractivity contribution in [2.24, 2.45) is 5.92 Å². The molecule has 0 bridgehead atoms. The molecule has 0 radical (unpaired) electrons. The van der Waals surface area contributed by atoms with Crippen LogP contribution < -0.4 is 5.32 Å². The van der Waals surface area contributed by atoms with E-state index >= 15 is 0 Å². The van der Waals surface area contributed by atoms with Crippen molar-refractivity contribution in [3.8, 4) is 0 Å². The first-order chi connectivity index (χ1) is 9.45. The Morgan fingerprint density at radius 1 is 1.45 bits per heavy atom. The van der Waals surface area contributed by atoms with Gasteiger partial charge in [-0.05, 0) is 48.2 Å². The lowest BCUT2D eigenvalue weighted by Gasteiger charge is -2.19. The van der Waals surface area contributed by atoms with E-state index in [2.05, 4.69) is 28.2 Å². The van der Waals surface area contributed by atoms with Gasteiger partial charge in [-0.1, -0.05) is 6.92 Å². The number of nitrogens with one attached hydrogen (secondary N) is 1. The van der Waals surface area contributed by atoms with Gasteiger partial charge < -0.3 is 9.73 Å². The summed E-state index contributed by atoms with van der Waals surface area (Å²) in [6, 6.07) is 1.60. The van der Waals surface area contributed by atoms with E-state index in [1.165, 1.54) is 0 Å². The molecule has 0 spiro atoms. The minimum atomic E-state index is -3.47. The molecule has 1 atom stereocenters. The summed E-state index contributed by atoms with van der Waals surface area (Å²) >= 11 is 3.22. The molecule has 2 rings (SSSR count). The van der Waals surface area contributed by atoms with Crippen molar-refractivity contribution in [3.05, 3.63) is 16.5 Å². The zero-order chi connectivity index (χ0) is 14.8. The average molecular weight is 365 g/mol. The normalized spacial score (nSPS) is 21.9. The van der Waals surface area contributed by atoms with Crippen LogP contribution in [-0.2, 0) is 16.6 Å². The molecule has 20 heavy (non-hydrogen) atoms. The highest BCUT2D eigenvalue weighted by Crippen LogP contribution is 2.30. The van der Waals surface area contributed by atoms with Crippen molar-refractivity contribution in [3.63, 3.8) is 0 Å². The van der Waals surface area contributed by atoms with Crippen molar-refractivity contribution >= 4 is 26.0 Å². The molecular weight excluding hydrogens is 344 g/mol. The summed E-state index contributed by atoms with van der Waals surface area (Å²) in [6.45, 7) is 3.86. The third kappa shape index (κ3) is 3.44. The van der Waals surface area contributed by atoms with E-state index in [0.717, 1.165) is 19.3 Å². The van der Waals surface area contributed by atoms with Gasteiger partial charge >= 0.3 is 0 Å². The van der Waals surface area contributed by atoms with Gasteiger partial charge in [0, 0.05) is 19.2 Å². The monoisotopic (exact) mass is 364 g/mol. The summed E-state index contributed by atoms with van der Waals surface area (Å²) in [5, 5.41) is 2.95. The lowest BCUT2D eigenvalue weighted by Crippen LogP contribution is -2.32. The average Bonchev–Trinajstić information content (AvgIpc) is 2.61. The summed E-state index contributed by atoms with van der Waals surface area (Å²) in [4.78, 5) is 0.234. The highest BCUT2D eigenvalue weighted by molar-refractivity contribution is 9.10. The minimum Gasteiger partial charge on any atom is -0.452 e. The van der Waals surface area contributed by atoms with Crippen molar-refractivity contribution in [2.45, 2.75) is 37.6 Å². The van der Waals surface area contributed by atoms with E-state index in [-0.39, 0.29) is 4.90 Å². The molecule has 7 heteroatoms.